The summed E-state index contributed by atoms with van der Waals surface area (Å²) in [6, 6.07) is 13.2. The number of aromatic nitrogens is 3. The molecule has 6 nitrogen and oxygen atoms in total. The molecule has 1 aliphatic heterocycles. The number of halogens is 2. The van der Waals surface area contributed by atoms with Crippen LogP contribution in [0, 0.1) is 18.6 Å². The van der Waals surface area contributed by atoms with E-state index >= 15 is 0 Å². The fourth-order valence-electron chi connectivity index (χ4n) is 3.99. The molecule has 2 aromatic heterocycles. The van der Waals surface area contributed by atoms with E-state index in [1.54, 1.807) is 11.3 Å². The number of nitrogens with zero attached hydrogens (tertiary/aromatic N) is 4. The summed E-state index contributed by atoms with van der Waals surface area (Å²) < 4.78 is 30.7. The highest BCUT2D eigenvalue weighted by molar-refractivity contribution is 7.22. The average molecular weight is 454 g/mol. The van der Waals surface area contributed by atoms with Gasteiger partial charge in [-0.15, -0.1) is 0 Å². The Balaban J connectivity index is 1.29. The summed E-state index contributed by atoms with van der Waals surface area (Å²) in [6.07, 6.45) is 1.34. The number of para-hydroxylation sites is 1. The molecule has 4 aromatic rings. The second kappa shape index (κ2) is 8.31. The summed E-state index contributed by atoms with van der Waals surface area (Å²) in [5, 5.41) is 8.32. The zero-order chi connectivity index (χ0) is 22.2. The number of piperidine rings is 1. The van der Waals surface area contributed by atoms with Crippen LogP contribution in [0.25, 0.3) is 16.0 Å². The van der Waals surface area contributed by atoms with Gasteiger partial charge in [0.15, 0.2) is 10.8 Å². The highest BCUT2D eigenvalue weighted by Crippen LogP contribution is 2.33. The largest absolute Gasteiger partial charge is 0.349 e. The van der Waals surface area contributed by atoms with Gasteiger partial charge in [0.25, 0.3) is 5.91 Å². The number of hydrogen-bond acceptors (Lipinski definition) is 5. The number of fused-ring (bicyclic) bond motifs is 1. The Morgan fingerprint density at radius 3 is 2.44 bits per heavy atom. The van der Waals surface area contributed by atoms with Crippen molar-refractivity contribution < 1.29 is 13.6 Å². The maximum absolute atomic E-state index is 13.9. The summed E-state index contributed by atoms with van der Waals surface area (Å²) >= 11 is 1.61. The molecule has 0 saturated carbocycles. The van der Waals surface area contributed by atoms with Gasteiger partial charge in [-0.2, -0.15) is 10.1 Å². The molecule has 1 N–H and O–H groups in total. The highest BCUT2D eigenvalue weighted by Gasteiger charge is 2.26. The van der Waals surface area contributed by atoms with Gasteiger partial charge < -0.3 is 10.2 Å². The molecule has 0 radical (unpaired) electrons. The molecule has 0 atom stereocenters. The van der Waals surface area contributed by atoms with E-state index in [1.807, 2.05) is 41.9 Å². The van der Waals surface area contributed by atoms with Crippen molar-refractivity contribution in [2.24, 2.45) is 0 Å². The number of thiazole rings is 1. The summed E-state index contributed by atoms with van der Waals surface area (Å²) in [4.78, 5) is 19.4. The Hall–Kier alpha value is -3.33. The number of aryl methyl sites for hydroxylation is 1. The zero-order valence-corrected chi connectivity index (χ0v) is 18.2. The van der Waals surface area contributed by atoms with E-state index in [0.717, 1.165) is 39.0 Å². The lowest BCUT2D eigenvalue weighted by Gasteiger charge is -2.32. The van der Waals surface area contributed by atoms with Crippen LogP contribution in [0.3, 0.4) is 0 Å². The summed E-state index contributed by atoms with van der Waals surface area (Å²) in [5.74, 6) is -2.41. The van der Waals surface area contributed by atoms with Crippen molar-refractivity contribution in [3.05, 3.63) is 71.4 Å². The molecule has 0 spiro atoms. The van der Waals surface area contributed by atoms with Crippen molar-refractivity contribution >= 4 is 32.7 Å². The predicted molar refractivity (Wildman–Crippen MR) is 121 cm³/mol. The fraction of sp³-hybridized carbons (Fsp3) is 0.261. The molecule has 5 rings (SSSR count). The van der Waals surface area contributed by atoms with Crippen molar-refractivity contribution in [3.63, 3.8) is 0 Å². The zero-order valence-electron chi connectivity index (χ0n) is 17.4. The second-order valence-corrected chi connectivity index (χ2v) is 8.79. The second-order valence-electron chi connectivity index (χ2n) is 7.81. The summed E-state index contributed by atoms with van der Waals surface area (Å²) in [6.45, 7) is 3.37. The number of amides is 1. The van der Waals surface area contributed by atoms with Crippen LogP contribution in [-0.4, -0.2) is 39.8 Å². The molecule has 0 aliphatic carbocycles. The van der Waals surface area contributed by atoms with Gasteiger partial charge in [0.05, 0.1) is 16.1 Å². The van der Waals surface area contributed by atoms with Crippen molar-refractivity contribution in [2.45, 2.75) is 25.8 Å². The third kappa shape index (κ3) is 3.73. The van der Waals surface area contributed by atoms with Crippen molar-refractivity contribution in [1.82, 2.24) is 20.1 Å². The van der Waals surface area contributed by atoms with E-state index in [2.05, 4.69) is 15.3 Å². The number of hydrogen-bond donors (Lipinski definition) is 1. The first-order valence-electron chi connectivity index (χ1n) is 10.4. The van der Waals surface area contributed by atoms with Gasteiger partial charge >= 0.3 is 0 Å². The van der Waals surface area contributed by atoms with Crippen molar-refractivity contribution in [1.29, 1.82) is 0 Å². The van der Waals surface area contributed by atoms with Crippen LogP contribution in [0.15, 0.2) is 48.5 Å². The molecular weight excluding hydrogens is 432 g/mol. The molecule has 1 saturated heterocycles. The molecule has 32 heavy (non-hydrogen) atoms. The van der Waals surface area contributed by atoms with Gasteiger partial charge in [-0.3, -0.25) is 4.79 Å². The summed E-state index contributed by atoms with van der Waals surface area (Å²) in [7, 11) is 0. The average Bonchev–Trinajstić information content (AvgIpc) is 3.35. The molecule has 164 valence electrons. The highest BCUT2D eigenvalue weighted by atomic mass is 32.1. The Labute approximate surface area is 187 Å². The van der Waals surface area contributed by atoms with Gasteiger partial charge in [-0.05, 0) is 44.0 Å². The lowest BCUT2D eigenvalue weighted by molar-refractivity contribution is 0.0922. The third-order valence-electron chi connectivity index (χ3n) is 5.67. The first kappa shape index (κ1) is 20.6. The minimum absolute atomic E-state index is 0.145. The molecule has 0 bridgehead atoms. The van der Waals surface area contributed by atoms with Crippen LogP contribution in [-0.2, 0) is 0 Å². The first-order chi connectivity index (χ1) is 15.5. The maximum atomic E-state index is 13.9. The van der Waals surface area contributed by atoms with Gasteiger partial charge in [0.1, 0.15) is 17.2 Å². The standard InChI is InChI=1S/C23H21F2N5OS/c1-14-20-21(30(28-14)16-6-3-2-4-7-16)27-23(32-20)29-12-10-15(11-13-29)26-22(31)19-17(24)8-5-9-18(19)25/h2-9,15H,10-13H2,1H3,(H,26,31). The van der Waals surface area contributed by atoms with Gasteiger partial charge in [-0.1, -0.05) is 35.6 Å². The van der Waals surface area contributed by atoms with E-state index in [4.69, 9.17) is 4.98 Å². The van der Waals surface area contributed by atoms with Crippen LogP contribution in [0.5, 0.6) is 0 Å². The Morgan fingerprint density at radius 1 is 1.06 bits per heavy atom. The first-order valence-corrected chi connectivity index (χ1v) is 11.2. The van der Waals surface area contributed by atoms with E-state index < -0.39 is 23.1 Å². The third-order valence-corrected chi connectivity index (χ3v) is 6.88. The number of anilines is 1. The molecule has 0 unspecified atom stereocenters. The van der Waals surface area contributed by atoms with Crippen LogP contribution in [0.2, 0.25) is 0 Å². The number of nitrogens with one attached hydrogen (secondary N) is 1. The molecule has 2 aromatic carbocycles. The van der Waals surface area contributed by atoms with Gasteiger partial charge in [0, 0.05) is 19.1 Å². The van der Waals surface area contributed by atoms with E-state index in [0.29, 0.717) is 25.9 Å². The van der Waals surface area contributed by atoms with Crippen LogP contribution < -0.4 is 10.2 Å². The number of carbonyl (C=O) groups excluding carboxylic acids is 1. The van der Waals surface area contributed by atoms with Crippen molar-refractivity contribution in [3.8, 4) is 5.69 Å². The lowest BCUT2D eigenvalue weighted by Crippen LogP contribution is -2.45. The minimum Gasteiger partial charge on any atom is -0.349 e. The van der Waals surface area contributed by atoms with E-state index in [-0.39, 0.29) is 6.04 Å². The van der Waals surface area contributed by atoms with Gasteiger partial charge in [0.2, 0.25) is 0 Å². The Morgan fingerprint density at radius 2 is 1.75 bits per heavy atom. The minimum atomic E-state index is -0.850. The van der Waals surface area contributed by atoms with Crippen molar-refractivity contribution in [2.75, 3.05) is 18.0 Å². The van der Waals surface area contributed by atoms with Crippen LogP contribution in [0.1, 0.15) is 28.9 Å². The number of carbonyl (C=O) groups is 1. The summed E-state index contributed by atoms with van der Waals surface area (Å²) in [5.41, 5.74) is 2.20. The fourth-order valence-corrected chi connectivity index (χ4v) is 5.03. The molecule has 1 aliphatic rings. The monoisotopic (exact) mass is 453 g/mol. The molecule has 3 heterocycles. The Bertz CT molecular complexity index is 1260. The maximum Gasteiger partial charge on any atom is 0.257 e. The SMILES string of the molecule is Cc1nn(-c2ccccc2)c2nc(N3CCC(NC(=O)c4c(F)cccc4F)CC3)sc12. The normalized spacial score (nSPS) is 14.8. The molecule has 1 amide bonds. The Kier molecular flexibility index (Phi) is 5.34. The predicted octanol–water partition coefficient (Wildman–Crippen LogP) is 4.47. The number of rotatable bonds is 4. The topological polar surface area (TPSA) is 63.1 Å². The van der Waals surface area contributed by atoms with Crippen LogP contribution >= 0.6 is 11.3 Å². The quantitative estimate of drug-likeness (QED) is 0.495. The smallest absolute Gasteiger partial charge is 0.257 e. The van der Waals surface area contributed by atoms with E-state index in [9.17, 15) is 13.6 Å². The van der Waals surface area contributed by atoms with E-state index in [1.165, 1.54) is 6.07 Å². The van der Waals surface area contributed by atoms with Crippen LogP contribution in [0.4, 0.5) is 13.9 Å². The molecule has 1 fully saturated rings. The lowest BCUT2D eigenvalue weighted by atomic mass is 10.0. The molecular formula is C23H21F2N5OS. The van der Waals surface area contributed by atoms with Gasteiger partial charge in [-0.25, -0.2) is 13.5 Å². The molecule has 9 heteroatoms. The number of benzene rings is 2.